The van der Waals surface area contributed by atoms with Gasteiger partial charge in [0.05, 0.1) is 18.8 Å². The van der Waals surface area contributed by atoms with Crippen molar-refractivity contribution in [1.29, 1.82) is 0 Å². The maximum absolute atomic E-state index is 11.3. The van der Waals surface area contributed by atoms with Crippen LogP contribution < -0.4 is 5.32 Å². The lowest BCUT2D eigenvalue weighted by Crippen LogP contribution is -2.57. The predicted molar refractivity (Wildman–Crippen MR) is 58.3 cm³/mol. The van der Waals surface area contributed by atoms with Crippen molar-refractivity contribution in [2.45, 2.75) is 51.4 Å². The van der Waals surface area contributed by atoms with Crippen LogP contribution in [0.2, 0.25) is 0 Å². The van der Waals surface area contributed by atoms with Gasteiger partial charge < -0.3 is 24.6 Å². The Kier molecular flexibility index (Phi) is 3.56. The molecule has 0 spiro atoms. The van der Waals surface area contributed by atoms with Gasteiger partial charge >= 0.3 is 6.09 Å². The minimum atomic E-state index is -0.570. The lowest BCUT2D eigenvalue weighted by atomic mass is 9.90. The van der Waals surface area contributed by atoms with Crippen molar-refractivity contribution in [2.24, 2.45) is 5.92 Å². The van der Waals surface area contributed by atoms with E-state index in [1.54, 1.807) is 0 Å². The van der Waals surface area contributed by atoms with Crippen molar-refractivity contribution in [3.8, 4) is 0 Å². The minimum Gasteiger partial charge on any atom is -0.443 e. The van der Waals surface area contributed by atoms with Crippen LogP contribution in [-0.4, -0.2) is 48.5 Å². The van der Waals surface area contributed by atoms with Gasteiger partial charge in [-0.3, -0.25) is 0 Å². The first kappa shape index (κ1) is 12.6. The van der Waals surface area contributed by atoms with Crippen molar-refractivity contribution in [3.05, 3.63) is 0 Å². The van der Waals surface area contributed by atoms with E-state index < -0.39 is 12.4 Å². The third-order valence-electron chi connectivity index (χ3n) is 3.17. The topological polar surface area (TPSA) is 77.0 Å². The Labute approximate surface area is 100 Å². The smallest absolute Gasteiger partial charge is 0.408 e. The second-order valence-electron chi connectivity index (χ2n) is 4.81. The Hall–Kier alpha value is -0.850. The number of aliphatic hydroxyl groups excluding tert-OH is 1. The summed E-state index contributed by atoms with van der Waals surface area (Å²) in [7, 11) is 0. The van der Waals surface area contributed by atoms with E-state index >= 15 is 0 Å². The Morgan fingerprint density at radius 3 is 2.82 bits per heavy atom. The Balaban J connectivity index is 2.13. The number of hydrogen-bond acceptors (Lipinski definition) is 5. The minimum absolute atomic E-state index is 0.0223. The molecule has 6 heteroatoms. The number of alkyl carbamates (subject to hydrolysis) is 1. The first-order chi connectivity index (χ1) is 8.02. The van der Waals surface area contributed by atoms with Crippen LogP contribution in [0.15, 0.2) is 0 Å². The van der Waals surface area contributed by atoms with Crippen LogP contribution in [0.3, 0.4) is 0 Å². The van der Waals surface area contributed by atoms with Gasteiger partial charge in [0, 0.05) is 5.92 Å². The maximum atomic E-state index is 11.3. The highest BCUT2D eigenvalue weighted by Crippen LogP contribution is 2.32. The molecule has 2 rings (SSSR count). The normalized spacial score (nSPS) is 41.0. The lowest BCUT2D eigenvalue weighted by molar-refractivity contribution is -0.253. The molecule has 0 saturated carbocycles. The molecule has 2 aliphatic rings. The van der Waals surface area contributed by atoms with Crippen LogP contribution in [0.25, 0.3) is 0 Å². The van der Waals surface area contributed by atoms with Crippen molar-refractivity contribution in [1.82, 2.24) is 5.32 Å². The molecule has 0 aromatic rings. The summed E-state index contributed by atoms with van der Waals surface area (Å²) >= 11 is 0. The third-order valence-corrected chi connectivity index (χ3v) is 3.17. The van der Waals surface area contributed by atoms with Crippen molar-refractivity contribution in [2.75, 3.05) is 6.61 Å². The van der Waals surface area contributed by atoms with E-state index in [2.05, 4.69) is 5.32 Å². The predicted octanol–water partition coefficient (Wildman–Crippen LogP) is 0.242. The SMILES string of the molecule is CC(C)OC1OC(CO)C(C)C2OC(=O)NC12. The third kappa shape index (κ3) is 2.38. The molecule has 0 bridgehead atoms. The standard InChI is InChI=1S/C11H19NO5/c1-5(2)15-10-8-9(17-11(14)12-8)6(3)7(4-13)16-10/h5-10,13H,4H2,1-3H3,(H,12,14). The van der Waals surface area contributed by atoms with Gasteiger partial charge in [-0.2, -0.15) is 0 Å². The number of amides is 1. The van der Waals surface area contributed by atoms with Gasteiger partial charge in [0.25, 0.3) is 0 Å². The van der Waals surface area contributed by atoms with E-state index in [1.807, 2.05) is 20.8 Å². The number of fused-ring (bicyclic) bond motifs is 1. The molecular weight excluding hydrogens is 226 g/mol. The van der Waals surface area contributed by atoms with Crippen LogP contribution in [-0.2, 0) is 14.2 Å². The van der Waals surface area contributed by atoms with E-state index in [4.69, 9.17) is 14.2 Å². The Morgan fingerprint density at radius 2 is 2.24 bits per heavy atom. The number of aliphatic hydroxyl groups is 1. The monoisotopic (exact) mass is 245 g/mol. The first-order valence-corrected chi connectivity index (χ1v) is 5.92. The van der Waals surface area contributed by atoms with Crippen LogP contribution >= 0.6 is 0 Å². The van der Waals surface area contributed by atoms with Crippen LogP contribution in [0.5, 0.6) is 0 Å². The van der Waals surface area contributed by atoms with Gasteiger partial charge in [0.2, 0.25) is 0 Å². The van der Waals surface area contributed by atoms with E-state index in [0.717, 1.165) is 0 Å². The largest absolute Gasteiger partial charge is 0.443 e. The molecule has 2 fully saturated rings. The van der Waals surface area contributed by atoms with Gasteiger partial charge in [-0.15, -0.1) is 0 Å². The molecule has 0 radical (unpaired) electrons. The van der Waals surface area contributed by atoms with Gasteiger partial charge in [-0.1, -0.05) is 6.92 Å². The first-order valence-electron chi connectivity index (χ1n) is 5.92. The molecule has 2 heterocycles. The van der Waals surface area contributed by atoms with Crippen LogP contribution in [0.4, 0.5) is 4.79 Å². The van der Waals surface area contributed by atoms with Crippen LogP contribution in [0, 0.1) is 5.92 Å². The van der Waals surface area contributed by atoms with Crippen LogP contribution in [0.1, 0.15) is 20.8 Å². The number of carbonyl (C=O) groups is 1. The average molecular weight is 245 g/mol. The zero-order valence-electron chi connectivity index (χ0n) is 10.3. The number of carbonyl (C=O) groups excluding carboxylic acids is 1. The Morgan fingerprint density at radius 1 is 1.53 bits per heavy atom. The molecule has 0 aliphatic carbocycles. The molecule has 17 heavy (non-hydrogen) atoms. The molecule has 2 N–H and O–H groups in total. The van der Waals surface area contributed by atoms with Crippen molar-refractivity contribution in [3.63, 3.8) is 0 Å². The fraction of sp³-hybridized carbons (Fsp3) is 0.909. The molecular formula is C11H19NO5. The van der Waals surface area contributed by atoms with Gasteiger partial charge in [-0.25, -0.2) is 4.79 Å². The van der Waals surface area contributed by atoms with E-state index in [-0.39, 0.29) is 36.9 Å². The second kappa shape index (κ2) is 4.80. The number of nitrogens with one attached hydrogen (secondary N) is 1. The van der Waals surface area contributed by atoms with E-state index in [1.165, 1.54) is 0 Å². The summed E-state index contributed by atoms with van der Waals surface area (Å²) in [5.41, 5.74) is 0. The molecule has 5 atom stereocenters. The molecule has 0 aromatic carbocycles. The van der Waals surface area contributed by atoms with E-state index in [0.29, 0.717) is 0 Å². The number of rotatable bonds is 3. The van der Waals surface area contributed by atoms with E-state index in [9.17, 15) is 9.90 Å². The summed E-state index contributed by atoms with van der Waals surface area (Å²) in [6, 6.07) is -0.303. The maximum Gasteiger partial charge on any atom is 0.408 e. The zero-order valence-corrected chi connectivity index (χ0v) is 10.3. The molecule has 0 aromatic heterocycles. The average Bonchev–Trinajstić information content (AvgIpc) is 2.64. The summed E-state index contributed by atoms with van der Waals surface area (Å²) in [4.78, 5) is 11.3. The van der Waals surface area contributed by atoms with Gasteiger partial charge in [-0.05, 0) is 13.8 Å². The highest BCUT2D eigenvalue weighted by molar-refractivity contribution is 5.70. The highest BCUT2D eigenvalue weighted by Gasteiger charge is 2.51. The number of hydrogen-bond donors (Lipinski definition) is 2. The summed E-state index contributed by atoms with van der Waals surface area (Å²) < 4.78 is 16.5. The summed E-state index contributed by atoms with van der Waals surface area (Å²) in [6.45, 7) is 5.56. The lowest BCUT2D eigenvalue weighted by Gasteiger charge is -2.40. The fourth-order valence-electron chi connectivity index (χ4n) is 2.29. The number of ether oxygens (including phenoxy) is 3. The summed E-state index contributed by atoms with van der Waals surface area (Å²) in [5.74, 6) is -0.0593. The molecule has 98 valence electrons. The van der Waals surface area contributed by atoms with Gasteiger partial charge in [0.1, 0.15) is 12.1 Å². The zero-order chi connectivity index (χ0) is 12.6. The fourth-order valence-corrected chi connectivity index (χ4v) is 2.29. The molecule has 5 unspecified atom stereocenters. The summed E-state index contributed by atoms with van der Waals surface area (Å²) in [5, 5.41) is 12.0. The highest BCUT2D eigenvalue weighted by atomic mass is 16.7. The quantitative estimate of drug-likeness (QED) is 0.745. The van der Waals surface area contributed by atoms with Crippen molar-refractivity contribution >= 4 is 6.09 Å². The molecule has 2 saturated heterocycles. The summed E-state index contributed by atoms with van der Waals surface area (Å²) in [6.07, 6.45) is -1.72. The van der Waals surface area contributed by atoms with Crippen molar-refractivity contribution < 1.29 is 24.1 Å². The molecule has 1 amide bonds. The Bertz CT molecular complexity index is 296. The molecule has 2 aliphatic heterocycles. The molecule has 6 nitrogen and oxygen atoms in total. The van der Waals surface area contributed by atoms with Gasteiger partial charge in [0.15, 0.2) is 6.29 Å². The second-order valence-corrected chi connectivity index (χ2v) is 4.81.